The molecule has 0 aliphatic heterocycles. The molecule has 0 unspecified atom stereocenters. The molecular weight excluding hydrogens is 254 g/mol. The molecule has 61 valence electrons. The van der Waals surface area contributed by atoms with Gasteiger partial charge in [-0.3, -0.25) is 0 Å². The topological polar surface area (TPSA) is 63.2 Å². The molecule has 0 amide bonds. The predicted molar refractivity (Wildman–Crippen MR) is 32.5 cm³/mol. The molecule has 3 nitrogen and oxygen atoms in total. The summed E-state index contributed by atoms with van der Waals surface area (Å²) in [5.74, 6) is 0. The fourth-order valence-corrected chi connectivity index (χ4v) is 1.74. The molecule has 0 saturated heterocycles. The molecule has 0 aliphatic carbocycles. The van der Waals surface area contributed by atoms with Crippen molar-refractivity contribution in [1.29, 1.82) is 0 Å². The third kappa shape index (κ3) is 3.27. The Hall–Kier alpha value is 0.00494. The monoisotopic (exact) mass is 259 g/mol. The van der Waals surface area contributed by atoms with Gasteiger partial charge in [-0.2, -0.15) is 0 Å². The van der Waals surface area contributed by atoms with Crippen LogP contribution in [0.15, 0.2) is 30.3 Å². The van der Waals surface area contributed by atoms with Crippen molar-refractivity contribution in [2.75, 3.05) is 0 Å². The smallest absolute Gasteiger partial charge is 2.00 e. The van der Waals surface area contributed by atoms with E-state index in [1.54, 1.807) is 6.07 Å². The van der Waals surface area contributed by atoms with Gasteiger partial charge < -0.3 is 0 Å². The van der Waals surface area contributed by atoms with Crippen LogP contribution in [0.2, 0.25) is 0 Å². The average molecular weight is 259 g/mol. The standard InChI is InChI=1S/C6H7AsO3.Co/c8-7(9,10)6-4-2-1-3-5-6;/h1-5H,(H2,8,9,10);/q;+2/p-2. The molecule has 0 aliphatic rings. The number of benzene rings is 1. The van der Waals surface area contributed by atoms with Crippen molar-refractivity contribution in [1.82, 2.24) is 0 Å². The van der Waals surface area contributed by atoms with E-state index in [9.17, 15) is 11.9 Å². The molecule has 0 atom stereocenters. The van der Waals surface area contributed by atoms with Gasteiger partial charge in [-0.1, -0.05) is 0 Å². The Bertz CT molecular complexity index is 256. The van der Waals surface area contributed by atoms with Crippen molar-refractivity contribution in [3.63, 3.8) is 0 Å². The fourth-order valence-electron chi connectivity index (χ4n) is 0.611. The van der Waals surface area contributed by atoms with Crippen LogP contribution in [0.25, 0.3) is 0 Å². The van der Waals surface area contributed by atoms with Crippen LogP contribution in [0.3, 0.4) is 0 Å². The summed E-state index contributed by atoms with van der Waals surface area (Å²) >= 11 is -5.10. The number of hydrogen-bond donors (Lipinski definition) is 0. The predicted octanol–water partition coefficient (Wildman–Crippen LogP) is -2.02. The largest absolute Gasteiger partial charge is 2.00 e. The van der Waals surface area contributed by atoms with Crippen molar-refractivity contribution in [3.05, 3.63) is 30.3 Å². The zero-order valence-electron chi connectivity index (χ0n) is 5.39. The second kappa shape index (κ2) is 4.14. The molecule has 0 spiro atoms. The first-order chi connectivity index (χ1) is 4.61. The Labute approximate surface area is 77.6 Å². The number of rotatable bonds is 1. The maximum Gasteiger partial charge on any atom is 2.00 e. The van der Waals surface area contributed by atoms with Crippen molar-refractivity contribution in [2.24, 2.45) is 0 Å². The first kappa shape index (κ1) is 11.0. The van der Waals surface area contributed by atoms with Gasteiger partial charge in [0.05, 0.1) is 0 Å². The molecule has 1 aromatic carbocycles. The summed E-state index contributed by atoms with van der Waals surface area (Å²) in [5.41, 5.74) is 0. The van der Waals surface area contributed by atoms with Crippen molar-refractivity contribution in [2.45, 2.75) is 0 Å². The molecule has 5 heteroatoms. The summed E-state index contributed by atoms with van der Waals surface area (Å²) in [6.07, 6.45) is 0. The summed E-state index contributed by atoms with van der Waals surface area (Å²) in [6.45, 7) is 0. The first-order valence-electron chi connectivity index (χ1n) is 2.68. The van der Waals surface area contributed by atoms with Crippen LogP contribution < -0.4 is 12.5 Å². The van der Waals surface area contributed by atoms with E-state index in [0.29, 0.717) is 0 Å². The quantitative estimate of drug-likeness (QED) is 0.547. The Balaban J connectivity index is 0.000001000. The van der Waals surface area contributed by atoms with Gasteiger partial charge in [-0.05, 0) is 0 Å². The van der Waals surface area contributed by atoms with E-state index >= 15 is 0 Å². The van der Waals surface area contributed by atoms with Crippen LogP contribution in [0.4, 0.5) is 0 Å². The Morgan fingerprint density at radius 2 is 1.55 bits per heavy atom. The van der Waals surface area contributed by atoms with Crippen LogP contribution >= 0.6 is 0 Å². The SMILES string of the molecule is O=[As]([O-])([O-])c1ccccc1.[Co+2]. The van der Waals surface area contributed by atoms with Crippen LogP contribution in [-0.2, 0) is 20.5 Å². The van der Waals surface area contributed by atoms with Crippen LogP contribution in [0.1, 0.15) is 0 Å². The normalized spacial score (nSPS) is 10.4. The van der Waals surface area contributed by atoms with E-state index in [1.165, 1.54) is 24.3 Å². The zero-order valence-corrected chi connectivity index (χ0v) is 8.31. The van der Waals surface area contributed by atoms with E-state index in [2.05, 4.69) is 0 Å². The van der Waals surface area contributed by atoms with Gasteiger partial charge in [0.1, 0.15) is 0 Å². The molecule has 0 saturated carbocycles. The average Bonchev–Trinajstić information content (AvgIpc) is 1.88. The molecule has 0 N–H and O–H groups in total. The van der Waals surface area contributed by atoms with Gasteiger partial charge in [0.25, 0.3) is 0 Å². The van der Waals surface area contributed by atoms with Crippen molar-refractivity contribution in [3.8, 4) is 0 Å². The minimum absolute atomic E-state index is 0. The van der Waals surface area contributed by atoms with E-state index in [-0.39, 0.29) is 21.1 Å². The van der Waals surface area contributed by atoms with E-state index < -0.39 is 14.2 Å². The minimum atomic E-state index is -5.10. The maximum atomic E-state index is 10.4. The molecule has 1 radical (unpaired) electrons. The molecule has 0 heterocycles. The third-order valence-electron chi connectivity index (χ3n) is 1.07. The second-order valence-electron chi connectivity index (χ2n) is 1.83. The van der Waals surface area contributed by atoms with E-state index in [1.807, 2.05) is 0 Å². The van der Waals surface area contributed by atoms with Gasteiger partial charge in [-0.15, -0.1) is 0 Å². The fraction of sp³-hybridized carbons (Fsp3) is 0. The van der Waals surface area contributed by atoms with E-state index in [0.717, 1.165) is 0 Å². The first-order valence-corrected chi connectivity index (χ1v) is 5.92. The van der Waals surface area contributed by atoms with Gasteiger partial charge in [0, 0.05) is 0 Å². The van der Waals surface area contributed by atoms with Gasteiger partial charge in [0.2, 0.25) is 0 Å². The Morgan fingerprint density at radius 1 is 1.09 bits per heavy atom. The van der Waals surface area contributed by atoms with E-state index in [4.69, 9.17) is 0 Å². The molecule has 1 rings (SSSR count). The summed E-state index contributed by atoms with van der Waals surface area (Å²) in [4.78, 5) is 0. The summed E-state index contributed by atoms with van der Waals surface area (Å²) < 4.78 is 31.0. The zero-order chi connectivity index (χ0) is 7.61. The van der Waals surface area contributed by atoms with Crippen molar-refractivity contribution >= 4 is 18.5 Å². The van der Waals surface area contributed by atoms with Gasteiger partial charge in [-0.25, -0.2) is 0 Å². The Morgan fingerprint density at radius 3 is 1.82 bits per heavy atom. The maximum absolute atomic E-state index is 10.4. The molecular formula is C6H5AsCoO3. The molecule has 11 heavy (non-hydrogen) atoms. The molecule has 1 aromatic rings. The van der Waals surface area contributed by atoms with Crippen molar-refractivity contribution < 1.29 is 28.7 Å². The molecule has 0 fully saturated rings. The van der Waals surface area contributed by atoms with Crippen LogP contribution in [0.5, 0.6) is 0 Å². The minimum Gasteiger partial charge on any atom is 2.00 e. The third-order valence-corrected chi connectivity index (χ3v) is 3.02. The molecule has 0 bridgehead atoms. The second-order valence-corrected chi connectivity index (χ2v) is 5.00. The van der Waals surface area contributed by atoms with Crippen LogP contribution in [0, 0.1) is 0 Å². The number of hydrogen-bond acceptors (Lipinski definition) is 3. The summed E-state index contributed by atoms with van der Waals surface area (Å²) in [7, 11) is 0. The summed E-state index contributed by atoms with van der Waals surface area (Å²) in [6, 6.07) is 7.33. The van der Waals surface area contributed by atoms with Crippen LogP contribution in [-0.4, -0.2) is 14.2 Å². The summed E-state index contributed by atoms with van der Waals surface area (Å²) in [5, 5.41) is 0. The Kier molecular flexibility index (Phi) is 4.14. The molecule has 0 aromatic heterocycles. The van der Waals surface area contributed by atoms with Gasteiger partial charge in [0.15, 0.2) is 0 Å². The van der Waals surface area contributed by atoms with Gasteiger partial charge >= 0.3 is 77.6 Å².